The Balaban J connectivity index is 2.19. The Morgan fingerprint density at radius 3 is 2.55 bits per heavy atom. The van der Waals surface area contributed by atoms with Gasteiger partial charge in [-0.05, 0) is 31.5 Å². The van der Waals surface area contributed by atoms with E-state index in [0.29, 0.717) is 23.8 Å². The molecule has 20 heavy (non-hydrogen) atoms. The monoisotopic (exact) mass is 296 g/mol. The van der Waals surface area contributed by atoms with Crippen LogP contribution in [0.5, 0.6) is 0 Å². The van der Waals surface area contributed by atoms with Gasteiger partial charge in [-0.1, -0.05) is 23.7 Å². The van der Waals surface area contributed by atoms with Gasteiger partial charge in [0.05, 0.1) is 13.2 Å². The van der Waals surface area contributed by atoms with Gasteiger partial charge in [0.1, 0.15) is 5.54 Å². The Hall–Kier alpha value is -1.59. The quantitative estimate of drug-likeness (QED) is 0.669. The number of amides is 3. The predicted molar refractivity (Wildman–Crippen MR) is 75.5 cm³/mol. The number of nitrogens with zero attached hydrogens (tertiary/aromatic N) is 1. The summed E-state index contributed by atoms with van der Waals surface area (Å²) in [6.07, 6.45) is 0. The number of halogens is 1. The molecule has 1 N–H and O–H groups in total. The van der Waals surface area contributed by atoms with Gasteiger partial charge < -0.3 is 10.1 Å². The number of nitrogens with one attached hydrogen (secondary N) is 1. The lowest BCUT2D eigenvalue weighted by atomic mass is 9.92. The van der Waals surface area contributed by atoms with Crippen LogP contribution in [0.2, 0.25) is 5.02 Å². The van der Waals surface area contributed by atoms with E-state index in [1.807, 2.05) is 6.92 Å². The van der Waals surface area contributed by atoms with E-state index in [-0.39, 0.29) is 12.5 Å². The third kappa shape index (κ3) is 2.64. The number of imide groups is 1. The molecule has 1 atom stereocenters. The summed E-state index contributed by atoms with van der Waals surface area (Å²) < 4.78 is 5.19. The Kier molecular flexibility index (Phi) is 4.30. The summed E-state index contributed by atoms with van der Waals surface area (Å²) in [5, 5.41) is 3.32. The van der Waals surface area contributed by atoms with Crippen molar-refractivity contribution in [2.45, 2.75) is 19.4 Å². The van der Waals surface area contributed by atoms with Gasteiger partial charge in [-0.25, -0.2) is 4.79 Å². The predicted octanol–water partition coefficient (Wildman–Crippen LogP) is 2.14. The van der Waals surface area contributed by atoms with E-state index in [9.17, 15) is 9.59 Å². The van der Waals surface area contributed by atoms with Crippen LogP contribution in [-0.2, 0) is 15.1 Å². The van der Waals surface area contributed by atoms with Crippen molar-refractivity contribution >= 4 is 23.5 Å². The number of rotatable bonds is 5. The summed E-state index contributed by atoms with van der Waals surface area (Å²) in [6.45, 7) is 4.70. The Morgan fingerprint density at radius 2 is 1.95 bits per heavy atom. The van der Waals surface area contributed by atoms with E-state index in [1.165, 1.54) is 4.90 Å². The van der Waals surface area contributed by atoms with Gasteiger partial charge in [0.25, 0.3) is 5.91 Å². The molecule has 6 heteroatoms. The zero-order chi connectivity index (χ0) is 14.8. The zero-order valence-electron chi connectivity index (χ0n) is 11.5. The molecule has 1 heterocycles. The molecular weight excluding hydrogens is 280 g/mol. The van der Waals surface area contributed by atoms with Crippen LogP contribution >= 0.6 is 11.6 Å². The highest BCUT2D eigenvalue weighted by atomic mass is 35.5. The molecule has 0 aliphatic carbocycles. The van der Waals surface area contributed by atoms with Crippen molar-refractivity contribution in [3.63, 3.8) is 0 Å². The Morgan fingerprint density at radius 1 is 1.30 bits per heavy atom. The molecule has 0 unspecified atom stereocenters. The number of hydrogen-bond donors (Lipinski definition) is 1. The topological polar surface area (TPSA) is 58.6 Å². The third-order valence-corrected chi connectivity index (χ3v) is 3.61. The lowest BCUT2D eigenvalue weighted by molar-refractivity contribution is -0.131. The molecule has 0 radical (unpaired) electrons. The Labute approximate surface area is 122 Å². The summed E-state index contributed by atoms with van der Waals surface area (Å²) in [5.74, 6) is -0.274. The number of carbonyl (C=O) groups is 2. The molecule has 3 amide bonds. The maximum atomic E-state index is 12.5. The lowest BCUT2D eigenvalue weighted by Crippen LogP contribution is -2.41. The minimum Gasteiger partial charge on any atom is -0.380 e. The summed E-state index contributed by atoms with van der Waals surface area (Å²) >= 11 is 5.84. The van der Waals surface area contributed by atoms with Crippen LogP contribution in [0.3, 0.4) is 0 Å². The number of benzene rings is 1. The third-order valence-electron chi connectivity index (χ3n) is 3.36. The van der Waals surface area contributed by atoms with Crippen LogP contribution < -0.4 is 5.32 Å². The molecule has 1 aliphatic heterocycles. The number of carbonyl (C=O) groups excluding carboxylic acids is 2. The molecular formula is C14H17ClN2O3. The molecule has 1 aliphatic rings. The van der Waals surface area contributed by atoms with E-state index in [0.717, 1.165) is 0 Å². The molecule has 1 saturated heterocycles. The highest BCUT2D eigenvalue weighted by Gasteiger charge is 2.48. The minimum absolute atomic E-state index is 0.252. The molecule has 108 valence electrons. The van der Waals surface area contributed by atoms with Gasteiger partial charge in [-0.2, -0.15) is 0 Å². The second kappa shape index (κ2) is 5.81. The van der Waals surface area contributed by atoms with E-state index < -0.39 is 11.6 Å². The smallest absolute Gasteiger partial charge is 0.325 e. The van der Waals surface area contributed by atoms with Gasteiger partial charge in [0, 0.05) is 11.6 Å². The second-order valence-corrected chi connectivity index (χ2v) is 5.15. The van der Waals surface area contributed by atoms with E-state index in [1.54, 1.807) is 31.2 Å². The van der Waals surface area contributed by atoms with Crippen LogP contribution in [-0.4, -0.2) is 36.6 Å². The van der Waals surface area contributed by atoms with Crippen molar-refractivity contribution in [1.82, 2.24) is 10.2 Å². The largest absolute Gasteiger partial charge is 0.380 e. The fourth-order valence-corrected chi connectivity index (χ4v) is 2.31. The first-order valence-corrected chi connectivity index (χ1v) is 6.84. The van der Waals surface area contributed by atoms with Crippen molar-refractivity contribution in [3.8, 4) is 0 Å². The molecule has 5 nitrogen and oxygen atoms in total. The summed E-state index contributed by atoms with van der Waals surface area (Å²) in [5.41, 5.74) is -0.340. The molecule has 1 aromatic carbocycles. The second-order valence-electron chi connectivity index (χ2n) is 4.72. The molecule has 1 aromatic rings. The molecule has 1 fully saturated rings. The van der Waals surface area contributed by atoms with Crippen LogP contribution in [0.25, 0.3) is 0 Å². The Bertz CT molecular complexity index is 518. The van der Waals surface area contributed by atoms with Crippen molar-refractivity contribution in [1.29, 1.82) is 0 Å². The highest BCUT2D eigenvalue weighted by molar-refractivity contribution is 6.30. The van der Waals surface area contributed by atoms with Crippen molar-refractivity contribution in [3.05, 3.63) is 34.9 Å². The number of ether oxygens (including phenoxy) is 1. The zero-order valence-corrected chi connectivity index (χ0v) is 12.2. The first-order chi connectivity index (χ1) is 9.49. The first kappa shape index (κ1) is 14.8. The van der Waals surface area contributed by atoms with Crippen LogP contribution in [0.1, 0.15) is 19.4 Å². The average Bonchev–Trinajstić information content (AvgIpc) is 2.64. The van der Waals surface area contributed by atoms with Crippen molar-refractivity contribution < 1.29 is 14.3 Å². The minimum atomic E-state index is -1.05. The highest BCUT2D eigenvalue weighted by Crippen LogP contribution is 2.29. The fraction of sp³-hybridized carbons (Fsp3) is 0.429. The van der Waals surface area contributed by atoms with Crippen LogP contribution in [0, 0.1) is 0 Å². The number of hydrogen-bond acceptors (Lipinski definition) is 3. The van der Waals surface area contributed by atoms with Gasteiger partial charge in [-0.3, -0.25) is 9.69 Å². The summed E-state index contributed by atoms with van der Waals surface area (Å²) in [7, 11) is 0. The maximum absolute atomic E-state index is 12.5. The van der Waals surface area contributed by atoms with Crippen LogP contribution in [0.4, 0.5) is 4.79 Å². The lowest BCUT2D eigenvalue weighted by Gasteiger charge is -2.22. The van der Waals surface area contributed by atoms with E-state index in [2.05, 4.69) is 5.32 Å². The maximum Gasteiger partial charge on any atom is 0.325 e. The van der Waals surface area contributed by atoms with Crippen molar-refractivity contribution in [2.75, 3.05) is 19.8 Å². The van der Waals surface area contributed by atoms with Crippen LogP contribution in [0.15, 0.2) is 24.3 Å². The molecule has 0 bridgehead atoms. The molecule has 2 rings (SSSR count). The molecule has 0 saturated carbocycles. The van der Waals surface area contributed by atoms with Gasteiger partial charge in [0.15, 0.2) is 0 Å². The SMILES string of the molecule is CCOCCN1C(=O)N[C@@](C)(c2ccc(Cl)cc2)C1=O. The molecule has 0 aromatic heterocycles. The number of urea groups is 1. The first-order valence-electron chi connectivity index (χ1n) is 6.47. The van der Waals surface area contributed by atoms with E-state index >= 15 is 0 Å². The van der Waals surface area contributed by atoms with Gasteiger partial charge >= 0.3 is 6.03 Å². The van der Waals surface area contributed by atoms with E-state index in [4.69, 9.17) is 16.3 Å². The normalized spacial score (nSPS) is 22.2. The standard InChI is InChI=1S/C14H17ClN2O3/c1-3-20-9-8-17-12(18)14(2,16-13(17)19)10-4-6-11(15)7-5-10/h4-7H,3,8-9H2,1-2H3,(H,16,19)/t14-/m0/s1. The fourth-order valence-electron chi connectivity index (χ4n) is 2.18. The average molecular weight is 297 g/mol. The summed E-state index contributed by atoms with van der Waals surface area (Å²) in [4.78, 5) is 25.6. The van der Waals surface area contributed by atoms with Gasteiger partial charge in [-0.15, -0.1) is 0 Å². The van der Waals surface area contributed by atoms with Crippen molar-refractivity contribution in [2.24, 2.45) is 0 Å². The molecule has 0 spiro atoms. The summed E-state index contributed by atoms with van der Waals surface area (Å²) in [6, 6.07) is 6.49. The van der Waals surface area contributed by atoms with Gasteiger partial charge in [0.2, 0.25) is 0 Å².